The lowest BCUT2D eigenvalue weighted by Gasteiger charge is -2.21. The molecule has 0 atom stereocenters. The van der Waals surface area contributed by atoms with Crippen molar-refractivity contribution in [3.8, 4) is 0 Å². The highest BCUT2D eigenvalue weighted by Gasteiger charge is 2.29. The molecule has 0 unspecified atom stereocenters. The smallest absolute Gasteiger partial charge is 0.260 e. The summed E-state index contributed by atoms with van der Waals surface area (Å²) in [5.74, 6) is -0.123. The molecule has 0 radical (unpaired) electrons. The Balaban J connectivity index is 1.51. The summed E-state index contributed by atoms with van der Waals surface area (Å²) < 4.78 is 31.9. The van der Waals surface area contributed by atoms with Gasteiger partial charge in [0.1, 0.15) is 6.61 Å². The molecule has 3 rings (SSSR count). The first-order valence-corrected chi connectivity index (χ1v) is 9.89. The van der Waals surface area contributed by atoms with Gasteiger partial charge in [-0.05, 0) is 12.0 Å². The van der Waals surface area contributed by atoms with Crippen LogP contribution in [0.3, 0.4) is 0 Å². The van der Waals surface area contributed by atoms with Gasteiger partial charge < -0.3 is 14.6 Å². The van der Waals surface area contributed by atoms with Crippen LogP contribution in [0.25, 0.3) is 0 Å². The Kier molecular flexibility index (Phi) is 6.02. The van der Waals surface area contributed by atoms with Crippen molar-refractivity contribution in [3.63, 3.8) is 0 Å². The van der Waals surface area contributed by atoms with Crippen LogP contribution in [0.1, 0.15) is 12.0 Å². The second-order valence-electron chi connectivity index (χ2n) is 6.03. The van der Waals surface area contributed by atoms with Crippen molar-refractivity contribution in [2.24, 2.45) is 0 Å². The van der Waals surface area contributed by atoms with E-state index in [-0.39, 0.29) is 24.1 Å². The number of ether oxygens (including phenoxy) is 1. The van der Waals surface area contributed by atoms with E-state index in [2.05, 4.69) is 9.97 Å². The average Bonchev–Trinajstić information content (AvgIpc) is 3.07. The quantitative estimate of drug-likeness (QED) is 0.804. The van der Waals surface area contributed by atoms with E-state index in [0.29, 0.717) is 32.7 Å². The number of nitrogens with one attached hydrogen (secondary N) is 1. The van der Waals surface area contributed by atoms with Crippen molar-refractivity contribution in [2.45, 2.75) is 18.1 Å². The van der Waals surface area contributed by atoms with E-state index in [4.69, 9.17) is 4.74 Å². The predicted molar refractivity (Wildman–Crippen MR) is 94.6 cm³/mol. The number of imidazole rings is 1. The summed E-state index contributed by atoms with van der Waals surface area (Å²) in [4.78, 5) is 20.4. The molecule has 0 saturated carbocycles. The number of rotatable bonds is 6. The molecule has 1 aromatic carbocycles. The first-order valence-electron chi connectivity index (χ1n) is 8.45. The fourth-order valence-corrected chi connectivity index (χ4v) is 4.19. The van der Waals surface area contributed by atoms with Gasteiger partial charge in [0.05, 0.1) is 19.1 Å². The third kappa shape index (κ3) is 4.48. The van der Waals surface area contributed by atoms with Crippen LogP contribution in [-0.4, -0.2) is 66.3 Å². The van der Waals surface area contributed by atoms with E-state index in [9.17, 15) is 13.2 Å². The average molecular weight is 378 g/mol. The Morgan fingerprint density at radius 1 is 1.15 bits per heavy atom. The summed E-state index contributed by atoms with van der Waals surface area (Å²) in [6.07, 6.45) is 3.21. The van der Waals surface area contributed by atoms with Crippen molar-refractivity contribution in [2.75, 3.05) is 32.8 Å². The first-order chi connectivity index (χ1) is 12.6. The van der Waals surface area contributed by atoms with Crippen molar-refractivity contribution in [1.82, 2.24) is 19.2 Å². The van der Waals surface area contributed by atoms with E-state index in [1.165, 1.54) is 16.8 Å². The fraction of sp³-hybridized carbons (Fsp3) is 0.412. The number of aromatic amines is 1. The summed E-state index contributed by atoms with van der Waals surface area (Å²) in [7, 11) is -3.60. The molecule has 2 aromatic rings. The van der Waals surface area contributed by atoms with Crippen LogP contribution in [0.5, 0.6) is 0 Å². The molecular formula is C17H22N4O4S. The Morgan fingerprint density at radius 3 is 2.69 bits per heavy atom. The summed E-state index contributed by atoms with van der Waals surface area (Å²) in [5, 5.41) is 0.0727. The van der Waals surface area contributed by atoms with Gasteiger partial charge in [0.2, 0.25) is 5.91 Å². The minimum Gasteiger partial charge on any atom is -0.367 e. The number of benzene rings is 1. The molecule has 1 amide bonds. The van der Waals surface area contributed by atoms with Crippen molar-refractivity contribution < 1.29 is 17.9 Å². The lowest BCUT2D eigenvalue weighted by molar-refractivity contribution is -0.136. The van der Waals surface area contributed by atoms with Gasteiger partial charge in [-0.25, -0.2) is 13.4 Å². The largest absolute Gasteiger partial charge is 0.367 e. The van der Waals surface area contributed by atoms with Gasteiger partial charge in [-0.15, -0.1) is 0 Å². The number of hydrogen-bond donors (Lipinski definition) is 1. The molecule has 1 aliphatic heterocycles. The normalized spacial score (nSPS) is 16.4. The van der Waals surface area contributed by atoms with Crippen molar-refractivity contribution in [1.29, 1.82) is 0 Å². The molecule has 8 nitrogen and oxygen atoms in total. The molecule has 1 aliphatic rings. The molecule has 0 bridgehead atoms. The summed E-state index contributed by atoms with van der Waals surface area (Å²) >= 11 is 0. The Morgan fingerprint density at radius 2 is 1.96 bits per heavy atom. The maximum Gasteiger partial charge on any atom is 0.260 e. The number of sulfonamides is 1. The highest BCUT2D eigenvalue weighted by molar-refractivity contribution is 7.89. The second-order valence-corrected chi connectivity index (χ2v) is 7.94. The number of hydrogen-bond acceptors (Lipinski definition) is 5. The molecule has 0 aliphatic carbocycles. The molecule has 140 valence electrons. The molecule has 1 saturated heterocycles. The van der Waals surface area contributed by atoms with Crippen LogP contribution in [0.4, 0.5) is 0 Å². The van der Waals surface area contributed by atoms with Crippen LogP contribution < -0.4 is 0 Å². The number of carbonyl (C=O) groups excluding carboxylic acids is 1. The van der Waals surface area contributed by atoms with Crippen molar-refractivity contribution in [3.05, 3.63) is 48.4 Å². The number of H-pyrrole nitrogens is 1. The van der Waals surface area contributed by atoms with Gasteiger partial charge in [-0.2, -0.15) is 4.31 Å². The van der Waals surface area contributed by atoms with Crippen LogP contribution in [0.2, 0.25) is 0 Å². The van der Waals surface area contributed by atoms with Crippen LogP contribution in [0.15, 0.2) is 47.9 Å². The molecule has 26 heavy (non-hydrogen) atoms. The number of amides is 1. The number of carbonyl (C=O) groups is 1. The maximum atomic E-state index is 12.5. The summed E-state index contributed by atoms with van der Waals surface area (Å²) in [5.41, 5.74) is 1.01. The zero-order valence-corrected chi connectivity index (χ0v) is 15.2. The highest BCUT2D eigenvalue weighted by atomic mass is 32.2. The van der Waals surface area contributed by atoms with Gasteiger partial charge in [-0.3, -0.25) is 4.79 Å². The highest BCUT2D eigenvalue weighted by Crippen LogP contribution is 2.15. The maximum absolute atomic E-state index is 12.5. The van der Waals surface area contributed by atoms with Gasteiger partial charge in [0.25, 0.3) is 10.0 Å². The van der Waals surface area contributed by atoms with E-state index >= 15 is 0 Å². The van der Waals surface area contributed by atoms with Gasteiger partial charge in [0.15, 0.2) is 5.03 Å². The van der Waals surface area contributed by atoms with E-state index < -0.39 is 10.0 Å². The summed E-state index contributed by atoms with van der Waals surface area (Å²) in [6.45, 7) is 1.86. The molecule has 1 fully saturated rings. The summed E-state index contributed by atoms with van der Waals surface area (Å²) in [6, 6.07) is 9.65. The van der Waals surface area contributed by atoms with Gasteiger partial charge in [0, 0.05) is 26.2 Å². The van der Waals surface area contributed by atoms with Crippen LogP contribution in [0, 0.1) is 0 Å². The van der Waals surface area contributed by atoms with Gasteiger partial charge >= 0.3 is 0 Å². The van der Waals surface area contributed by atoms with E-state index in [0.717, 1.165) is 5.56 Å². The second kappa shape index (κ2) is 8.43. The zero-order valence-electron chi connectivity index (χ0n) is 14.4. The van der Waals surface area contributed by atoms with E-state index in [1.807, 2.05) is 30.3 Å². The first kappa shape index (κ1) is 18.6. The SMILES string of the molecule is O=C(COCc1ccccc1)N1CCCN(S(=O)(=O)c2cnc[nH]2)CC1. The lowest BCUT2D eigenvalue weighted by Crippen LogP contribution is -2.38. The lowest BCUT2D eigenvalue weighted by atomic mass is 10.2. The molecular weight excluding hydrogens is 356 g/mol. The number of nitrogens with zero attached hydrogens (tertiary/aromatic N) is 3. The standard InChI is InChI=1S/C17H22N4O4S/c22-17(13-25-12-15-5-2-1-3-6-15)20-7-4-8-21(10-9-20)26(23,24)16-11-18-14-19-16/h1-3,5-6,11,14H,4,7-10,12-13H2,(H,18,19). The molecule has 1 N–H and O–H groups in total. The third-order valence-electron chi connectivity index (χ3n) is 4.24. The number of aromatic nitrogens is 2. The minimum absolute atomic E-state index is 0.0117. The molecule has 1 aromatic heterocycles. The van der Waals surface area contributed by atoms with Crippen LogP contribution >= 0.6 is 0 Å². The molecule has 9 heteroatoms. The Bertz CT molecular complexity index is 809. The minimum atomic E-state index is -3.60. The topological polar surface area (TPSA) is 95.6 Å². The third-order valence-corrected chi connectivity index (χ3v) is 6.06. The van der Waals surface area contributed by atoms with Gasteiger partial charge in [-0.1, -0.05) is 30.3 Å². The Labute approximate surface area is 152 Å². The fourth-order valence-electron chi connectivity index (χ4n) is 2.83. The Hall–Kier alpha value is -2.23. The van der Waals surface area contributed by atoms with Crippen LogP contribution in [-0.2, 0) is 26.2 Å². The zero-order chi connectivity index (χ0) is 18.4. The van der Waals surface area contributed by atoms with Crippen molar-refractivity contribution >= 4 is 15.9 Å². The predicted octanol–water partition coefficient (Wildman–Crippen LogP) is 0.849. The van der Waals surface area contributed by atoms with E-state index in [1.54, 1.807) is 4.90 Å². The molecule has 2 heterocycles. The molecule has 0 spiro atoms. The monoisotopic (exact) mass is 378 g/mol.